The van der Waals surface area contributed by atoms with E-state index in [1.165, 1.54) is 18.3 Å². The second-order valence-electron chi connectivity index (χ2n) is 3.47. The van der Waals surface area contributed by atoms with Gasteiger partial charge in [0.05, 0.1) is 5.52 Å². The minimum atomic E-state index is -4.82. The summed E-state index contributed by atoms with van der Waals surface area (Å²) in [4.78, 5) is 3.83. The molecule has 2 aromatic rings. The SMILES string of the molecule is OB(O)c1ccc(OC(F)(F)F)c2cccnc12. The smallest absolute Gasteiger partial charge is 0.423 e. The molecule has 0 aliphatic heterocycles. The minimum absolute atomic E-state index is 0.0140. The number of ether oxygens (including phenoxy) is 1. The summed E-state index contributed by atoms with van der Waals surface area (Å²) in [6.45, 7) is 0. The third-order valence-electron chi connectivity index (χ3n) is 2.26. The van der Waals surface area contributed by atoms with E-state index < -0.39 is 19.2 Å². The predicted octanol–water partition coefficient (Wildman–Crippen LogP) is 0.813. The first-order chi connectivity index (χ1) is 8.38. The second-order valence-corrected chi connectivity index (χ2v) is 3.47. The lowest BCUT2D eigenvalue weighted by Crippen LogP contribution is -2.31. The molecule has 0 spiro atoms. The number of pyridine rings is 1. The fraction of sp³-hybridized carbons (Fsp3) is 0.100. The number of benzene rings is 1. The van der Waals surface area contributed by atoms with Gasteiger partial charge < -0.3 is 14.8 Å². The lowest BCUT2D eigenvalue weighted by molar-refractivity contribution is -0.274. The number of hydrogen-bond donors (Lipinski definition) is 2. The zero-order valence-corrected chi connectivity index (χ0v) is 8.85. The summed E-state index contributed by atoms with van der Waals surface area (Å²) >= 11 is 0. The van der Waals surface area contributed by atoms with Crippen LogP contribution in [0.4, 0.5) is 13.2 Å². The summed E-state index contributed by atoms with van der Waals surface area (Å²) < 4.78 is 40.4. The van der Waals surface area contributed by atoms with Crippen molar-refractivity contribution in [2.24, 2.45) is 0 Å². The van der Waals surface area contributed by atoms with E-state index in [4.69, 9.17) is 10.0 Å². The van der Waals surface area contributed by atoms with Crippen molar-refractivity contribution in [2.75, 3.05) is 0 Å². The topological polar surface area (TPSA) is 62.6 Å². The van der Waals surface area contributed by atoms with Crippen molar-refractivity contribution in [2.45, 2.75) is 6.36 Å². The molecule has 1 heterocycles. The van der Waals surface area contributed by atoms with Gasteiger partial charge in [-0.05, 0) is 18.2 Å². The Kier molecular flexibility index (Phi) is 3.14. The van der Waals surface area contributed by atoms with Crippen LogP contribution < -0.4 is 10.2 Å². The summed E-state index contributed by atoms with van der Waals surface area (Å²) in [5.74, 6) is -0.435. The van der Waals surface area contributed by atoms with Crippen molar-refractivity contribution in [1.29, 1.82) is 0 Å². The molecule has 0 aliphatic carbocycles. The molecule has 18 heavy (non-hydrogen) atoms. The maximum Gasteiger partial charge on any atom is 0.573 e. The Morgan fingerprint density at radius 3 is 2.50 bits per heavy atom. The second kappa shape index (κ2) is 4.47. The van der Waals surface area contributed by atoms with Crippen molar-refractivity contribution in [3.8, 4) is 5.75 Å². The first-order valence-electron chi connectivity index (χ1n) is 4.88. The van der Waals surface area contributed by atoms with Gasteiger partial charge in [-0.3, -0.25) is 4.98 Å². The van der Waals surface area contributed by atoms with Gasteiger partial charge in [0.1, 0.15) is 5.75 Å². The van der Waals surface area contributed by atoms with Crippen LogP contribution in [-0.2, 0) is 0 Å². The van der Waals surface area contributed by atoms with Gasteiger partial charge in [-0.1, -0.05) is 6.07 Å². The summed E-state index contributed by atoms with van der Waals surface area (Å²) in [5, 5.41) is 18.3. The van der Waals surface area contributed by atoms with Gasteiger partial charge in [0.2, 0.25) is 0 Å². The van der Waals surface area contributed by atoms with Gasteiger partial charge in [0, 0.05) is 17.0 Å². The maximum absolute atomic E-state index is 12.2. The normalized spacial score (nSPS) is 11.6. The van der Waals surface area contributed by atoms with Gasteiger partial charge in [0.15, 0.2) is 0 Å². The Bertz CT molecular complexity index is 574. The van der Waals surface area contributed by atoms with E-state index in [0.717, 1.165) is 12.1 Å². The highest BCUT2D eigenvalue weighted by atomic mass is 19.4. The summed E-state index contributed by atoms with van der Waals surface area (Å²) in [6, 6.07) is 4.93. The van der Waals surface area contributed by atoms with Gasteiger partial charge in [-0.2, -0.15) is 0 Å². The van der Waals surface area contributed by atoms with Crippen LogP contribution in [0.1, 0.15) is 0 Å². The van der Waals surface area contributed by atoms with Crippen LogP contribution in [0.5, 0.6) is 5.75 Å². The third-order valence-corrected chi connectivity index (χ3v) is 2.26. The van der Waals surface area contributed by atoms with Gasteiger partial charge in [0.25, 0.3) is 0 Å². The zero-order valence-electron chi connectivity index (χ0n) is 8.85. The minimum Gasteiger partial charge on any atom is -0.423 e. The fourth-order valence-corrected chi connectivity index (χ4v) is 1.59. The Labute approximate surface area is 99.8 Å². The van der Waals surface area contributed by atoms with Crippen molar-refractivity contribution >= 4 is 23.5 Å². The number of rotatable bonds is 2. The van der Waals surface area contributed by atoms with Crippen molar-refractivity contribution < 1.29 is 28.0 Å². The molecule has 0 aliphatic rings. The number of aromatic nitrogens is 1. The van der Waals surface area contributed by atoms with Crippen LogP contribution in [0.25, 0.3) is 10.9 Å². The largest absolute Gasteiger partial charge is 0.573 e. The van der Waals surface area contributed by atoms with E-state index in [0.29, 0.717) is 0 Å². The Morgan fingerprint density at radius 1 is 1.17 bits per heavy atom. The number of halogens is 3. The molecule has 2 N–H and O–H groups in total. The predicted molar refractivity (Wildman–Crippen MR) is 58.3 cm³/mol. The molecule has 8 heteroatoms. The average Bonchev–Trinajstić information content (AvgIpc) is 2.27. The molecule has 0 unspecified atom stereocenters. The molecule has 0 bridgehead atoms. The Hall–Kier alpha value is -1.80. The lowest BCUT2D eigenvalue weighted by atomic mass is 9.78. The van der Waals surface area contributed by atoms with E-state index >= 15 is 0 Å². The molecule has 1 aromatic carbocycles. The Morgan fingerprint density at radius 2 is 1.89 bits per heavy atom. The molecule has 1 aromatic heterocycles. The van der Waals surface area contributed by atoms with Gasteiger partial charge in [-0.15, -0.1) is 13.2 Å². The monoisotopic (exact) mass is 257 g/mol. The molecule has 0 atom stereocenters. The standard InChI is InChI=1S/C10H7BF3NO3/c12-10(13,14)18-8-4-3-7(11(16)17)9-6(8)2-1-5-15-9/h1-5,16-17H. The third kappa shape index (κ3) is 2.54. The lowest BCUT2D eigenvalue weighted by Gasteiger charge is -2.12. The van der Waals surface area contributed by atoms with Crippen LogP contribution in [0.3, 0.4) is 0 Å². The molecular formula is C10H7BF3NO3. The first-order valence-corrected chi connectivity index (χ1v) is 4.88. The zero-order chi connectivity index (χ0) is 13.3. The van der Waals surface area contributed by atoms with Crippen molar-refractivity contribution in [3.05, 3.63) is 30.5 Å². The highest BCUT2D eigenvalue weighted by molar-refractivity contribution is 6.61. The van der Waals surface area contributed by atoms with Gasteiger partial charge >= 0.3 is 13.5 Å². The van der Waals surface area contributed by atoms with E-state index in [1.54, 1.807) is 0 Å². The first kappa shape index (κ1) is 12.7. The molecule has 0 saturated heterocycles. The summed E-state index contributed by atoms with van der Waals surface area (Å²) in [7, 11) is -1.82. The van der Waals surface area contributed by atoms with E-state index in [2.05, 4.69) is 9.72 Å². The molecule has 4 nitrogen and oxygen atoms in total. The van der Waals surface area contributed by atoms with Gasteiger partial charge in [-0.25, -0.2) is 0 Å². The number of fused-ring (bicyclic) bond motifs is 1. The summed E-state index contributed by atoms with van der Waals surface area (Å²) in [5.41, 5.74) is 0.0642. The van der Waals surface area contributed by atoms with E-state index in [9.17, 15) is 13.2 Å². The van der Waals surface area contributed by atoms with Crippen LogP contribution in [0.15, 0.2) is 30.5 Å². The van der Waals surface area contributed by atoms with E-state index in [-0.39, 0.29) is 16.4 Å². The number of hydrogen-bond acceptors (Lipinski definition) is 4. The van der Waals surface area contributed by atoms with Crippen LogP contribution in [-0.4, -0.2) is 28.5 Å². The quantitative estimate of drug-likeness (QED) is 0.781. The molecule has 0 saturated carbocycles. The molecule has 0 radical (unpaired) electrons. The maximum atomic E-state index is 12.2. The van der Waals surface area contributed by atoms with Crippen LogP contribution in [0, 0.1) is 0 Å². The molecule has 2 rings (SSSR count). The molecule has 94 valence electrons. The fourth-order valence-electron chi connectivity index (χ4n) is 1.59. The Balaban J connectivity index is 2.61. The highest BCUT2D eigenvalue weighted by Crippen LogP contribution is 2.28. The van der Waals surface area contributed by atoms with E-state index in [1.807, 2.05) is 0 Å². The van der Waals surface area contributed by atoms with Crippen LogP contribution in [0.2, 0.25) is 0 Å². The number of nitrogens with zero attached hydrogens (tertiary/aromatic N) is 1. The average molecular weight is 257 g/mol. The molecule has 0 fully saturated rings. The molecule has 0 amide bonds. The summed E-state index contributed by atoms with van der Waals surface area (Å²) in [6.07, 6.45) is -3.48. The van der Waals surface area contributed by atoms with Crippen LogP contribution >= 0.6 is 0 Å². The van der Waals surface area contributed by atoms with Crippen molar-refractivity contribution in [3.63, 3.8) is 0 Å². The molecular weight excluding hydrogens is 250 g/mol. The number of alkyl halides is 3. The van der Waals surface area contributed by atoms with Crippen molar-refractivity contribution in [1.82, 2.24) is 4.98 Å². The highest BCUT2D eigenvalue weighted by Gasteiger charge is 2.32.